The van der Waals surface area contributed by atoms with Gasteiger partial charge >= 0.3 is 38.7 Å². The number of ether oxygens (including phenoxy) is 3. The number of carbonyl (C=O) groups is 3. The number of esters is 3. The van der Waals surface area contributed by atoms with Crippen molar-refractivity contribution in [2.75, 3.05) is 0 Å². The molecule has 11 unspecified atom stereocenters. The van der Waals surface area contributed by atoms with Crippen molar-refractivity contribution < 1.29 is 68.0 Å². The first-order valence-electron chi connectivity index (χ1n) is 20.5. The zero-order valence-electron chi connectivity index (χ0n) is 34.4. The molecule has 15 atom stereocenters. The van der Waals surface area contributed by atoms with Gasteiger partial charge in [0.05, 0.1) is 6.10 Å². The Bertz CT molecular complexity index is 1620. The third kappa shape index (κ3) is 10.1. The van der Waals surface area contributed by atoms with Crippen LogP contribution >= 0.6 is 0 Å². The maximum Gasteiger partial charge on any atom is 0.397 e. The van der Waals surface area contributed by atoms with E-state index in [0.717, 1.165) is 0 Å². The van der Waals surface area contributed by atoms with Crippen LogP contribution in [0.4, 0.5) is 0 Å². The summed E-state index contributed by atoms with van der Waals surface area (Å²) < 4.78 is 95.2. The molecule has 3 N–H and O–H groups in total. The Labute approximate surface area is 333 Å². The predicted octanol–water partition coefficient (Wildman–Crippen LogP) is 5.89. The normalized spacial score (nSPS) is 36.6. The first-order chi connectivity index (χ1) is 25.9. The first kappa shape index (κ1) is 46.8. The van der Waals surface area contributed by atoms with Crippen LogP contribution < -0.4 is 0 Å². The molecular weight excluding hydrogens is 773 g/mol. The van der Waals surface area contributed by atoms with Gasteiger partial charge in [0, 0.05) is 43.4 Å². The molecule has 0 radical (unpaired) electrons. The fraction of sp³-hybridized carbons (Fsp3) is 0.923. The van der Waals surface area contributed by atoms with Crippen molar-refractivity contribution in [2.45, 2.75) is 170 Å². The van der Waals surface area contributed by atoms with Gasteiger partial charge in [-0.25, -0.2) is 8.37 Å². The molecule has 0 spiro atoms. The molecule has 0 aromatic heterocycles. The van der Waals surface area contributed by atoms with Gasteiger partial charge in [-0.15, -0.1) is 0 Å². The van der Waals surface area contributed by atoms with Crippen LogP contribution in [0, 0.1) is 58.2 Å². The molecule has 4 aliphatic carbocycles. The molecule has 56 heavy (non-hydrogen) atoms. The average Bonchev–Trinajstić information content (AvgIpc) is 3.27. The van der Waals surface area contributed by atoms with Gasteiger partial charge in [-0.3, -0.25) is 23.5 Å². The van der Waals surface area contributed by atoms with Crippen LogP contribution in [-0.2, 0) is 57.8 Å². The fourth-order valence-electron chi connectivity index (χ4n) is 12.1. The van der Waals surface area contributed by atoms with E-state index >= 15 is 0 Å². The summed E-state index contributed by atoms with van der Waals surface area (Å²) in [4.78, 5) is 39.4. The Morgan fingerprint density at radius 3 is 1.86 bits per heavy atom. The second kappa shape index (κ2) is 18.2. The lowest BCUT2D eigenvalue weighted by molar-refractivity contribution is -0.188. The Kier molecular flexibility index (Phi) is 15.2. The van der Waals surface area contributed by atoms with Crippen LogP contribution in [0.3, 0.4) is 0 Å². The summed E-state index contributed by atoms with van der Waals surface area (Å²) in [5.41, 5.74) is -1.34. The molecule has 324 valence electrons. The number of fused-ring (bicyclic) bond motifs is 5. The summed E-state index contributed by atoms with van der Waals surface area (Å²) in [5, 5.41) is 12.5. The SMILES string of the molecule is CCCC(=O)OC(C(CC)C(C)C)C(OC(=O)CCC)[C@@H](C)[C@H]1C(O)C(OC(C)=O)C2C3CCC4CC(OS(=O)(=O)O)C(OS(=O)(=O)O)C[C@]4(C)C3CC[C@@]21C. The summed E-state index contributed by atoms with van der Waals surface area (Å²) in [6.07, 6.45) is -2.21. The maximum atomic E-state index is 13.4. The highest BCUT2D eigenvalue weighted by Crippen LogP contribution is 2.69. The zero-order valence-corrected chi connectivity index (χ0v) is 36.1. The molecule has 0 heterocycles. The molecule has 4 saturated carbocycles. The molecule has 4 aliphatic rings. The van der Waals surface area contributed by atoms with Crippen molar-refractivity contribution in [1.82, 2.24) is 0 Å². The van der Waals surface area contributed by atoms with E-state index in [1.165, 1.54) is 6.92 Å². The molecule has 0 amide bonds. The second-order valence-electron chi connectivity index (χ2n) is 17.9. The zero-order chi connectivity index (χ0) is 42.1. The highest BCUT2D eigenvalue weighted by molar-refractivity contribution is 7.81. The molecule has 0 bridgehead atoms. The van der Waals surface area contributed by atoms with Crippen molar-refractivity contribution in [3.63, 3.8) is 0 Å². The molecule has 4 fully saturated rings. The van der Waals surface area contributed by atoms with Gasteiger partial charge in [0.15, 0.2) is 0 Å². The lowest BCUT2D eigenvalue weighted by atomic mass is 9.44. The van der Waals surface area contributed by atoms with Crippen molar-refractivity contribution in [3.05, 3.63) is 0 Å². The number of hydrogen-bond donors (Lipinski definition) is 3. The minimum atomic E-state index is -5.04. The minimum Gasteiger partial charge on any atom is -0.459 e. The molecule has 4 rings (SSSR count). The van der Waals surface area contributed by atoms with Crippen LogP contribution in [0.5, 0.6) is 0 Å². The average molecular weight is 839 g/mol. The Hall–Kier alpha value is -1.89. The quantitative estimate of drug-likeness (QED) is 0.0882. The van der Waals surface area contributed by atoms with Crippen molar-refractivity contribution >= 4 is 38.7 Å². The predicted molar refractivity (Wildman–Crippen MR) is 203 cm³/mol. The number of rotatable bonds is 17. The van der Waals surface area contributed by atoms with E-state index in [4.69, 9.17) is 22.6 Å². The van der Waals surface area contributed by atoms with Gasteiger partial charge in [0.1, 0.15) is 30.5 Å². The van der Waals surface area contributed by atoms with E-state index in [1.807, 2.05) is 48.5 Å². The van der Waals surface area contributed by atoms with Gasteiger partial charge in [-0.1, -0.05) is 55.4 Å². The molecule has 0 aliphatic heterocycles. The van der Waals surface area contributed by atoms with Crippen LogP contribution in [-0.4, -0.2) is 85.6 Å². The smallest absolute Gasteiger partial charge is 0.397 e. The minimum absolute atomic E-state index is 0.0171. The monoisotopic (exact) mass is 838 g/mol. The number of aliphatic hydroxyl groups excluding tert-OH is 1. The van der Waals surface area contributed by atoms with Gasteiger partial charge in [0.25, 0.3) is 0 Å². The van der Waals surface area contributed by atoms with Crippen LogP contribution in [0.1, 0.15) is 133 Å². The summed E-state index contributed by atoms with van der Waals surface area (Å²) in [7, 11) is -10.0. The lowest BCUT2D eigenvalue weighted by Crippen LogP contribution is -2.59. The second-order valence-corrected chi connectivity index (χ2v) is 20.0. The lowest BCUT2D eigenvalue weighted by Gasteiger charge is -2.62. The Morgan fingerprint density at radius 1 is 0.804 bits per heavy atom. The molecule has 0 aromatic rings. The number of aliphatic hydroxyl groups is 1. The Morgan fingerprint density at radius 2 is 1.36 bits per heavy atom. The van der Waals surface area contributed by atoms with Gasteiger partial charge in [-0.05, 0) is 92.3 Å². The first-order valence-corrected chi connectivity index (χ1v) is 23.2. The van der Waals surface area contributed by atoms with Gasteiger partial charge < -0.3 is 19.3 Å². The largest absolute Gasteiger partial charge is 0.459 e. The van der Waals surface area contributed by atoms with E-state index in [9.17, 15) is 45.4 Å². The molecule has 17 heteroatoms. The molecule has 0 saturated heterocycles. The van der Waals surface area contributed by atoms with Crippen LogP contribution in [0.2, 0.25) is 0 Å². The molecule has 15 nitrogen and oxygen atoms in total. The Balaban J connectivity index is 1.80. The van der Waals surface area contributed by atoms with Crippen molar-refractivity contribution in [2.24, 2.45) is 58.2 Å². The summed E-state index contributed by atoms with van der Waals surface area (Å²) in [5.74, 6) is -3.52. The highest BCUT2D eigenvalue weighted by atomic mass is 32.3. The number of carbonyl (C=O) groups excluding carboxylic acids is 3. The third-order valence-electron chi connectivity index (χ3n) is 14.1. The van der Waals surface area contributed by atoms with Crippen molar-refractivity contribution in [1.29, 1.82) is 0 Å². The summed E-state index contributed by atoms with van der Waals surface area (Å²) >= 11 is 0. The maximum absolute atomic E-state index is 13.4. The third-order valence-corrected chi connectivity index (χ3v) is 15.1. The number of hydrogen-bond acceptors (Lipinski definition) is 13. The topological polar surface area (TPSA) is 226 Å². The summed E-state index contributed by atoms with van der Waals surface area (Å²) in [6, 6.07) is 0. The molecule has 0 aromatic carbocycles. The molecular formula is C39H66O15S2. The fourth-order valence-corrected chi connectivity index (χ4v) is 13.1. The van der Waals surface area contributed by atoms with E-state index in [-0.39, 0.29) is 55.3 Å². The summed E-state index contributed by atoms with van der Waals surface area (Å²) in [6.45, 7) is 17.1. The van der Waals surface area contributed by atoms with E-state index in [0.29, 0.717) is 44.9 Å². The van der Waals surface area contributed by atoms with E-state index in [2.05, 4.69) is 6.92 Å². The standard InChI is InChI=1S/C39H66O15S2/c1-10-13-30(41)51-35(36(25(12-3)21(4)5)52-31(42)14-11-2)22(6)32-34(43)37(50-23(7)40)33-26-16-15-24-19-28(53-55(44,45)46)29(54-56(47,48)49)20-39(24,9)27(26)17-18-38(32,33)8/h21-22,24-29,32-37,43H,10-20H2,1-9H3,(H,44,45,46)(H,47,48,49)/t22-,24?,25?,26?,27?,28?,29?,32-,33?,34?,35?,36?,37?,38+,39-/m0/s1. The van der Waals surface area contributed by atoms with Gasteiger partial charge in [0.2, 0.25) is 0 Å². The van der Waals surface area contributed by atoms with E-state index < -0.39 is 104 Å². The highest BCUT2D eigenvalue weighted by Gasteiger charge is 2.69. The van der Waals surface area contributed by atoms with Crippen LogP contribution in [0.25, 0.3) is 0 Å². The van der Waals surface area contributed by atoms with Gasteiger partial charge in [-0.2, -0.15) is 16.8 Å². The van der Waals surface area contributed by atoms with Crippen molar-refractivity contribution in [3.8, 4) is 0 Å². The van der Waals surface area contributed by atoms with Crippen LogP contribution in [0.15, 0.2) is 0 Å². The van der Waals surface area contributed by atoms with E-state index in [1.54, 1.807) is 0 Å².